The molecule has 0 saturated carbocycles. The van der Waals surface area contributed by atoms with Crippen LogP contribution in [0, 0.1) is 0 Å². The number of benzene rings is 1. The van der Waals surface area contributed by atoms with Gasteiger partial charge in [-0.25, -0.2) is 0 Å². The van der Waals surface area contributed by atoms with Gasteiger partial charge in [0.2, 0.25) is 0 Å². The largest absolute Gasteiger partial charge is 0.372 e. The molecule has 2 rings (SSSR count). The van der Waals surface area contributed by atoms with Gasteiger partial charge in [-0.2, -0.15) is 0 Å². The highest BCUT2D eigenvalue weighted by Crippen LogP contribution is 2.33. The van der Waals surface area contributed by atoms with Gasteiger partial charge >= 0.3 is 0 Å². The zero-order valence-electron chi connectivity index (χ0n) is 9.70. The van der Waals surface area contributed by atoms with Crippen molar-refractivity contribution in [1.82, 2.24) is 0 Å². The second-order valence-electron chi connectivity index (χ2n) is 4.90. The highest BCUT2D eigenvalue weighted by molar-refractivity contribution is 5.15. The smallest absolute Gasteiger partial charge is 0.0662 e. The average molecular weight is 204 g/mol. The minimum absolute atomic E-state index is 0.120. The molecule has 2 atom stereocenters. The first kappa shape index (κ1) is 10.7. The summed E-state index contributed by atoms with van der Waals surface area (Å²) in [4.78, 5) is 0. The fourth-order valence-electron chi connectivity index (χ4n) is 2.35. The maximum absolute atomic E-state index is 5.97. The predicted molar refractivity (Wildman–Crippen MR) is 62.9 cm³/mol. The highest BCUT2D eigenvalue weighted by Gasteiger charge is 2.33. The van der Waals surface area contributed by atoms with Crippen LogP contribution in [0.3, 0.4) is 0 Å². The van der Waals surface area contributed by atoms with Crippen LogP contribution in [0.5, 0.6) is 0 Å². The van der Waals surface area contributed by atoms with Crippen LogP contribution in [0.25, 0.3) is 0 Å². The molecular formula is C14H20O. The molecule has 1 aromatic carbocycles. The standard InChI is InChI=1S/C14H20O/c1-12-8-10-14(2,15-12)11-9-13-6-4-3-5-7-13/h3-7,12H,8-11H2,1-2H3/t12-,14-/m1/s1. The Kier molecular flexibility index (Phi) is 3.11. The topological polar surface area (TPSA) is 9.23 Å². The van der Waals surface area contributed by atoms with Crippen LogP contribution in [-0.2, 0) is 11.2 Å². The summed E-state index contributed by atoms with van der Waals surface area (Å²) in [6.45, 7) is 4.42. The Hall–Kier alpha value is -0.820. The third-order valence-electron chi connectivity index (χ3n) is 3.35. The van der Waals surface area contributed by atoms with Gasteiger partial charge in [0.1, 0.15) is 0 Å². The second kappa shape index (κ2) is 4.36. The lowest BCUT2D eigenvalue weighted by molar-refractivity contribution is -0.0257. The normalized spacial score (nSPS) is 30.7. The molecular weight excluding hydrogens is 184 g/mol. The maximum atomic E-state index is 5.97. The Bertz CT molecular complexity index is 306. The van der Waals surface area contributed by atoms with Crippen LogP contribution < -0.4 is 0 Å². The summed E-state index contributed by atoms with van der Waals surface area (Å²) in [7, 11) is 0. The average Bonchev–Trinajstić information content (AvgIpc) is 2.58. The zero-order chi connectivity index (χ0) is 10.7. The first-order valence-corrected chi connectivity index (χ1v) is 5.90. The molecule has 82 valence electrons. The summed E-state index contributed by atoms with van der Waals surface area (Å²) >= 11 is 0. The van der Waals surface area contributed by atoms with E-state index in [1.807, 2.05) is 0 Å². The molecule has 0 radical (unpaired) electrons. The van der Waals surface area contributed by atoms with Crippen LogP contribution in [0.2, 0.25) is 0 Å². The van der Waals surface area contributed by atoms with Gasteiger partial charge in [-0.15, -0.1) is 0 Å². The number of hydrogen-bond acceptors (Lipinski definition) is 1. The first-order valence-electron chi connectivity index (χ1n) is 5.90. The van der Waals surface area contributed by atoms with E-state index < -0.39 is 0 Å². The van der Waals surface area contributed by atoms with Crippen molar-refractivity contribution in [2.24, 2.45) is 0 Å². The molecule has 1 heterocycles. The van der Waals surface area contributed by atoms with Gasteiger partial charge in [0.15, 0.2) is 0 Å². The Morgan fingerprint density at radius 2 is 2.07 bits per heavy atom. The van der Waals surface area contributed by atoms with Gasteiger partial charge in [-0.3, -0.25) is 0 Å². The van der Waals surface area contributed by atoms with Crippen molar-refractivity contribution in [3.05, 3.63) is 35.9 Å². The predicted octanol–water partition coefficient (Wildman–Crippen LogP) is 3.58. The van der Waals surface area contributed by atoms with Gasteiger partial charge in [-0.1, -0.05) is 30.3 Å². The number of hydrogen-bond donors (Lipinski definition) is 0. The third-order valence-corrected chi connectivity index (χ3v) is 3.35. The molecule has 0 unspecified atom stereocenters. The highest BCUT2D eigenvalue weighted by atomic mass is 16.5. The fraction of sp³-hybridized carbons (Fsp3) is 0.571. The molecule has 1 nitrogen and oxygen atoms in total. The van der Waals surface area contributed by atoms with Gasteiger partial charge in [0.05, 0.1) is 11.7 Å². The van der Waals surface area contributed by atoms with Gasteiger partial charge in [0.25, 0.3) is 0 Å². The second-order valence-corrected chi connectivity index (χ2v) is 4.90. The van der Waals surface area contributed by atoms with Gasteiger partial charge in [-0.05, 0) is 45.1 Å². The van der Waals surface area contributed by atoms with Crippen molar-refractivity contribution in [3.63, 3.8) is 0 Å². The summed E-state index contributed by atoms with van der Waals surface area (Å²) in [6.07, 6.45) is 5.14. The molecule has 1 saturated heterocycles. The van der Waals surface area contributed by atoms with Gasteiger partial charge < -0.3 is 4.74 Å². The number of ether oxygens (including phenoxy) is 1. The van der Waals surface area contributed by atoms with Crippen LogP contribution in [0.15, 0.2) is 30.3 Å². The minimum atomic E-state index is 0.120. The lowest BCUT2D eigenvalue weighted by Crippen LogP contribution is -2.25. The Morgan fingerprint density at radius 1 is 1.33 bits per heavy atom. The lowest BCUT2D eigenvalue weighted by atomic mass is 9.94. The fourth-order valence-corrected chi connectivity index (χ4v) is 2.35. The zero-order valence-corrected chi connectivity index (χ0v) is 9.70. The van der Waals surface area contributed by atoms with E-state index in [1.54, 1.807) is 0 Å². The van der Waals surface area contributed by atoms with Crippen molar-refractivity contribution < 1.29 is 4.74 Å². The monoisotopic (exact) mass is 204 g/mol. The summed E-state index contributed by atoms with van der Waals surface area (Å²) < 4.78 is 5.97. The molecule has 1 heteroatoms. The van der Waals surface area contributed by atoms with E-state index in [1.165, 1.54) is 18.4 Å². The van der Waals surface area contributed by atoms with Crippen LogP contribution in [0.1, 0.15) is 38.7 Å². The first-order chi connectivity index (χ1) is 7.18. The molecule has 0 aliphatic carbocycles. The molecule has 0 amide bonds. The van der Waals surface area contributed by atoms with Crippen molar-refractivity contribution in [1.29, 1.82) is 0 Å². The number of aryl methyl sites for hydroxylation is 1. The van der Waals surface area contributed by atoms with E-state index in [0.29, 0.717) is 6.10 Å². The van der Waals surface area contributed by atoms with Gasteiger partial charge in [0, 0.05) is 0 Å². The van der Waals surface area contributed by atoms with E-state index in [-0.39, 0.29) is 5.60 Å². The van der Waals surface area contributed by atoms with E-state index in [9.17, 15) is 0 Å². The third kappa shape index (κ3) is 2.82. The summed E-state index contributed by atoms with van der Waals surface area (Å²) in [5.74, 6) is 0. The summed E-state index contributed by atoms with van der Waals surface area (Å²) in [5, 5.41) is 0. The van der Waals surface area contributed by atoms with E-state index >= 15 is 0 Å². The molecule has 1 fully saturated rings. The van der Waals surface area contributed by atoms with E-state index in [4.69, 9.17) is 4.74 Å². The SMILES string of the molecule is C[C@@H]1CC[C@](C)(CCc2ccccc2)O1. The lowest BCUT2D eigenvalue weighted by Gasteiger charge is -2.24. The Morgan fingerprint density at radius 3 is 2.67 bits per heavy atom. The van der Waals surface area contributed by atoms with E-state index in [2.05, 4.69) is 44.2 Å². The van der Waals surface area contributed by atoms with E-state index in [0.717, 1.165) is 12.8 Å². The molecule has 15 heavy (non-hydrogen) atoms. The van der Waals surface area contributed by atoms with Crippen molar-refractivity contribution >= 4 is 0 Å². The number of rotatable bonds is 3. The summed E-state index contributed by atoms with van der Waals surface area (Å²) in [5.41, 5.74) is 1.54. The van der Waals surface area contributed by atoms with Crippen molar-refractivity contribution in [2.45, 2.75) is 51.2 Å². The Labute approximate surface area is 92.5 Å². The maximum Gasteiger partial charge on any atom is 0.0662 e. The van der Waals surface area contributed by atoms with Crippen LogP contribution in [0.4, 0.5) is 0 Å². The Balaban J connectivity index is 1.88. The molecule has 0 aromatic heterocycles. The quantitative estimate of drug-likeness (QED) is 0.731. The van der Waals surface area contributed by atoms with Crippen LogP contribution in [-0.4, -0.2) is 11.7 Å². The van der Waals surface area contributed by atoms with Crippen LogP contribution >= 0.6 is 0 Å². The molecule has 1 aromatic rings. The minimum Gasteiger partial charge on any atom is -0.372 e. The molecule has 0 bridgehead atoms. The summed E-state index contributed by atoms with van der Waals surface area (Å²) in [6, 6.07) is 10.7. The molecule has 1 aliphatic heterocycles. The molecule has 0 spiro atoms. The molecule has 1 aliphatic rings. The molecule has 0 N–H and O–H groups in total. The van der Waals surface area contributed by atoms with Crippen molar-refractivity contribution in [3.8, 4) is 0 Å². The van der Waals surface area contributed by atoms with Crippen molar-refractivity contribution in [2.75, 3.05) is 0 Å².